The lowest BCUT2D eigenvalue weighted by Crippen LogP contribution is -2.30. The van der Waals surface area contributed by atoms with Crippen LogP contribution in [0, 0.1) is 0 Å². The van der Waals surface area contributed by atoms with E-state index in [1.54, 1.807) is 18.2 Å². The first-order chi connectivity index (χ1) is 11.9. The van der Waals surface area contributed by atoms with E-state index in [1.165, 1.54) is 0 Å². The summed E-state index contributed by atoms with van der Waals surface area (Å²) in [5, 5.41) is 10.3. The van der Waals surface area contributed by atoms with E-state index in [4.69, 9.17) is 9.90 Å². The number of rotatable bonds is 3. The monoisotopic (exact) mass is 381 g/mol. The van der Waals surface area contributed by atoms with Gasteiger partial charge in [-0.05, 0) is 43.0 Å². The predicted octanol–water partition coefficient (Wildman–Crippen LogP) is 4.29. The number of likely N-dealkylation sites (N-methyl/N-ethyl adjacent to an activating group) is 1. The maximum Gasteiger partial charge on any atom is 0.490 e. The number of hydrogen-bond donors (Lipinski definition) is 2. The molecule has 0 amide bonds. The number of aliphatic carboxylic acids is 1. The maximum atomic E-state index is 13.1. The average molecular weight is 381 g/mol. The Morgan fingerprint density at radius 1 is 1.19 bits per heavy atom. The van der Waals surface area contributed by atoms with E-state index in [-0.39, 0.29) is 12.8 Å². The van der Waals surface area contributed by atoms with E-state index in [0.29, 0.717) is 11.6 Å². The van der Waals surface area contributed by atoms with Gasteiger partial charge in [0, 0.05) is 6.04 Å². The number of hydrogen-bond acceptors (Lipinski definition) is 2. The van der Waals surface area contributed by atoms with Crippen molar-refractivity contribution in [2.45, 2.75) is 43.1 Å². The minimum absolute atomic E-state index is 0.220. The summed E-state index contributed by atoms with van der Waals surface area (Å²) >= 11 is 0. The average Bonchev–Trinajstić information content (AvgIpc) is 3.27. The van der Waals surface area contributed by atoms with Crippen molar-refractivity contribution >= 4 is 11.5 Å². The summed E-state index contributed by atoms with van der Waals surface area (Å²) in [5.41, 5.74) is 0.917. The van der Waals surface area contributed by atoms with Gasteiger partial charge in [-0.3, -0.25) is 0 Å². The first-order valence-corrected chi connectivity index (χ1v) is 7.76. The first kappa shape index (κ1) is 20.3. The molecule has 1 aromatic carbocycles. The van der Waals surface area contributed by atoms with E-state index in [1.807, 2.05) is 13.1 Å². The minimum Gasteiger partial charge on any atom is -0.475 e. The SMILES string of the molecule is CNC1C=C(c2cccc(C3(C(F)(F)F)CC3)c2)C1.O=C(O)C(F)(F)F. The Hall–Kier alpha value is -2.03. The number of nitrogens with one attached hydrogen (secondary N) is 1. The Morgan fingerprint density at radius 3 is 2.12 bits per heavy atom. The molecule has 0 bridgehead atoms. The molecular weight excluding hydrogens is 364 g/mol. The predicted molar refractivity (Wildman–Crippen MR) is 82.5 cm³/mol. The maximum absolute atomic E-state index is 13.1. The second kappa shape index (κ2) is 6.94. The standard InChI is InChI=1S/C15H16F3N.C2HF3O2/c1-19-13-8-11(9-13)10-3-2-4-12(7-10)14(5-6-14)15(16,17)18;3-2(4,5)1(6)7/h2-4,7-8,13,19H,5-6,9H2,1H3;(H,6,7). The van der Waals surface area contributed by atoms with Gasteiger partial charge in [-0.15, -0.1) is 0 Å². The van der Waals surface area contributed by atoms with Crippen LogP contribution in [-0.2, 0) is 10.2 Å². The van der Waals surface area contributed by atoms with Gasteiger partial charge >= 0.3 is 18.3 Å². The molecule has 1 fully saturated rings. The molecule has 26 heavy (non-hydrogen) atoms. The molecule has 0 spiro atoms. The molecule has 144 valence electrons. The van der Waals surface area contributed by atoms with Crippen molar-refractivity contribution in [2.75, 3.05) is 7.05 Å². The van der Waals surface area contributed by atoms with Gasteiger partial charge in [0.2, 0.25) is 0 Å². The molecule has 3 nitrogen and oxygen atoms in total. The third-order valence-corrected chi connectivity index (χ3v) is 4.53. The lowest BCUT2D eigenvalue weighted by molar-refractivity contribution is -0.192. The van der Waals surface area contributed by atoms with E-state index in [2.05, 4.69) is 11.4 Å². The van der Waals surface area contributed by atoms with Crippen LogP contribution in [0.2, 0.25) is 0 Å². The zero-order valence-electron chi connectivity index (χ0n) is 13.7. The van der Waals surface area contributed by atoms with Crippen LogP contribution in [-0.4, -0.2) is 36.5 Å². The van der Waals surface area contributed by atoms with Gasteiger partial charge < -0.3 is 10.4 Å². The molecule has 0 aromatic heterocycles. The van der Waals surface area contributed by atoms with Crippen LogP contribution in [0.5, 0.6) is 0 Å². The first-order valence-electron chi connectivity index (χ1n) is 7.76. The van der Waals surface area contributed by atoms with Gasteiger partial charge in [-0.2, -0.15) is 26.3 Å². The highest BCUT2D eigenvalue weighted by Crippen LogP contribution is 2.59. The fourth-order valence-corrected chi connectivity index (χ4v) is 2.72. The van der Waals surface area contributed by atoms with Crippen molar-refractivity contribution in [1.29, 1.82) is 0 Å². The normalized spacial score (nSPS) is 21.0. The van der Waals surface area contributed by atoms with Gasteiger partial charge in [-0.1, -0.05) is 30.3 Å². The molecule has 2 aliphatic rings. The lowest BCUT2D eigenvalue weighted by Gasteiger charge is -2.26. The topological polar surface area (TPSA) is 49.3 Å². The third kappa shape index (κ3) is 4.20. The van der Waals surface area contributed by atoms with Crippen molar-refractivity contribution in [2.24, 2.45) is 0 Å². The fraction of sp³-hybridized carbons (Fsp3) is 0.471. The highest BCUT2D eigenvalue weighted by atomic mass is 19.4. The van der Waals surface area contributed by atoms with E-state index >= 15 is 0 Å². The second-order valence-electron chi connectivity index (χ2n) is 6.25. The van der Waals surface area contributed by atoms with Gasteiger partial charge in [0.05, 0.1) is 5.41 Å². The number of halogens is 6. The molecule has 0 aliphatic heterocycles. The van der Waals surface area contributed by atoms with Crippen LogP contribution in [0.25, 0.3) is 5.57 Å². The largest absolute Gasteiger partial charge is 0.490 e. The Bertz CT molecular complexity index is 704. The summed E-state index contributed by atoms with van der Waals surface area (Å²) in [6, 6.07) is 7.32. The summed E-state index contributed by atoms with van der Waals surface area (Å²) in [6.45, 7) is 0. The molecule has 1 atom stereocenters. The van der Waals surface area contributed by atoms with Crippen molar-refractivity contribution in [3.05, 3.63) is 41.5 Å². The number of carboxylic acids is 1. The highest BCUT2D eigenvalue weighted by Gasteiger charge is 2.64. The smallest absolute Gasteiger partial charge is 0.475 e. The van der Waals surface area contributed by atoms with E-state index in [0.717, 1.165) is 17.6 Å². The molecule has 2 aliphatic carbocycles. The Labute approximate surface area is 145 Å². The van der Waals surface area contributed by atoms with Gasteiger partial charge in [0.1, 0.15) is 0 Å². The minimum atomic E-state index is -5.08. The fourth-order valence-electron chi connectivity index (χ4n) is 2.72. The Morgan fingerprint density at radius 2 is 1.73 bits per heavy atom. The van der Waals surface area contributed by atoms with Crippen molar-refractivity contribution in [3.8, 4) is 0 Å². The summed E-state index contributed by atoms with van der Waals surface area (Å²) in [6.07, 6.45) is -5.81. The Balaban J connectivity index is 0.000000298. The molecule has 0 radical (unpaired) electrons. The summed E-state index contributed by atoms with van der Waals surface area (Å²) in [7, 11) is 1.89. The molecule has 0 heterocycles. The van der Waals surface area contributed by atoms with Crippen LogP contribution in [0.3, 0.4) is 0 Å². The van der Waals surface area contributed by atoms with Gasteiger partial charge in [0.15, 0.2) is 0 Å². The molecule has 9 heteroatoms. The molecule has 1 saturated carbocycles. The zero-order chi connectivity index (χ0) is 19.8. The van der Waals surface area contributed by atoms with E-state index < -0.39 is 23.7 Å². The van der Waals surface area contributed by atoms with E-state index in [9.17, 15) is 26.3 Å². The van der Waals surface area contributed by atoms with Crippen LogP contribution in [0.1, 0.15) is 30.4 Å². The van der Waals surface area contributed by atoms with Crippen molar-refractivity contribution in [1.82, 2.24) is 5.32 Å². The van der Waals surface area contributed by atoms with Crippen LogP contribution < -0.4 is 5.32 Å². The second-order valence-corrected chi connectivity index (χ2v) is 6.25. The summed E-state index contributed by atoms with van der Waals surface area (Å²) in [5.74, 6) is -2.76. The van der Waals surface area contributed by atoms with Gasteiger partial charge in [0.25, 0.3) is 0 Å². The van der Waals surface area contributed by atoms with Crippen LogP contribution >= 0.6 is 0 Å². The number of benzene rings is 1. The quantitative estimate of drug-likeness (QED) is 0.768. The van der Waals surface area contributed by atoms with Crippen molar-refractivity contribution in [3.63, 3.8) is 0 Å². The Kier molecular flexibility index (Phi) is 5.41. The van der Waals surface area contributed by atoms with Gasteiger partial charge in [-0.25, -0.2) is 4.79 Å². The number of carbonyl (C=O) groups is 1. The molecule has 2 N–H and O–H groups in total. The van der Waals surface area contributed by atoms with Crippen molar-refractivity contribution < 1.29 is 36.2 Å². The molecular formula is C17H17F6NO2. The third-order valence-electron chi connectivity index (χ3n) is 4.53. The molecule has 1 unspecified atom stereocenters. The number of alkyl halides is 6. The van der Waals surface area contributed by atoms with Crippen LogP contribution in [0.4, 0.5) is 26.3 Å². The molecule has 0 saturated heterocycles. The zero-order valence-corrected chi connectivity index (χ0v) is 13.7. The summed E-state index contributed by atoms with van der Waals surface area (Å²) in [4.78, 5) is 8.90. The van der Waals surface area contributed by atoms with Crippen LogP contribution in [0.15, 0.2) is 30.3 Å². The molecule has 3 rings (SSSR count). The summed E-state index contributed by atoms with van der Waals surface area (Å²) < 4.78 is 71.0. The number of carboxylic acid groups (broad SMARTS) is 1. The molecule has 1 aromatic rings. The highest BCUT2D eigenvalue weighted by molar-refractivity contribution is 5.73. The lowest BCUT2D eigenvalue weighted by atomic mass is 9.85.